The first-order valence-electron chi connectivity index (χ1n) is 18.0. The third kappa shape index (κ3) is 21.7. The molecule has 4 aromatic rings. The molecule has 0 aromatic heterocycles. The third-order valence-electron chi connectivity index (χ3n) is 7.51. The molecule has 2 aliphatic rings. The normalized spacial score (nSPS) is 14.3. The van der Waals surface area contributed by atoms with Crippen LogP contribution >= 0.6 is 0 Å². The maximum absolute atomic E-state index is 11.9. The van der Waals surface area contributed by atoms with Crippen molar-refractivity contribution < 1.29 is 33.8 Å². The fourth-order valence-electron chi connectivity index (χ4n) is 4.53. The van der Waals surface area contributed by atoms with E-state index in [1.807, 2.05) is 24.3 Å². The Morgan fingerprint density at radius 3 is 1.55 bits per heavy atom. The average molecular weight is 751 g/mol. The van der Waals surface area contributed by atoms with E-state index in [-0.39, 0.29) is 19.6 Å². The van der Waals surface area contributed by atoms with E-state index >= 15 is 0 Å². The number of nitrogens with one attached hydrogen (secondary N) is 4. The van der Waals surface area contributed by atoms with Gasteiger partial charge in [0.15, 0.2) is 6.61 Å². The highest BCUT2D eigenvalue weighted by Crippen LogP contribution is 2.18. The number of unbranched alkanes of at least 4 members (excludes halogenated alkanes) is 2. The number of fused-ring (bicyclic) bond motifs is 16. The number of ether oxygens (including phenoxy) is 1. The SMILES string of the molecule is C#C.CCCCC.Cc1ccc(-c2ccccc2)cc1.Cc1ccccc1.O=C1CNC(=O)COc2ccc(cc2)C[C@@H](C(=O)O)NC(=O)CNC(=O)CN1. The molecule has 55 heavy (non-hydrogen) atoms. The zero-order chi connectivity index (χ0) is 40.8. The number of aryl methyl sites for hydroxylation is 2. The number of terminal acetylenes is 1. The summed E-state index contributed by atoms with van der Waals surface area (Å²) < 4.78 is 5.29. The van der Waals surface area contributed by atoms with Crippen LogP contribution in [0.25, 0.3) is 11.1 Å². The Hall–Kier alpha value is -6.41. The summed E-state index contributed by atoms with van der Waals surface area (Å²) >= 11 is 0. The summed E-state index contributed by atoms with van der Waals surface area (Å²) in [5.74, 6) is -3.29. The van der Waals surface area contributed by atoms with E-state index in [4.69, 9.17) is 4.74 Å². The minimum atomic E-state index is -1.23. The van der Waals surface area contributed by atoms with Gasteiger partial charge in [-0.25, -0.2) is 4.79 Å². The molecule has 0 saturated carbocycles. The number of carboxylic acid groups (broad SMARTS) is 1. The van der Waals surface area contributed by atoms with Gasteiger partial charge in [-0.2, -0.15) is 0 Å². The average Bonchev–Trinajstić information content (AvgIpc) is 3.20. The fourth-order valence-corrected chi connectivity index (χ4v) is 4.53. The number of carbonyl (C=O) groups excluding carboxylic acids is 4. The van der Waals surface area contributed by atoms with Crippen molar-refractivity contribution in [1.29, 1.82) is 0 Å². The first-order chi connectivity index (χ1) is 26.5. The van der Waals surface area contributed by atoms with E-state index in [0.717, 1.165) is 0 Å². The monoisotopic (exact) mass is 750 g/mol. The van der Waals surface area contributed by atoms with Crippen LogP contribution in [0.4, 0.5) is 0 Å². The van der Waals surface area contributed by atoms with Gasteiger partial charge in [-0.1, -0.05) is 141 Å². The van der Waals surface area contributed by atoms with Crippen molar-refractivity contribution in [2.45, 2.75) is 59.4 Å². The summed E-state index contributed by atoms with van der Waals surface area (Å²) in [6, 6.07) is 34.4. The van der Waals surface area contributed by atoms with Gasteiger partial charge < -0.3 is 31.1 Å². The molecule has 0 fully saturated rings. The van der Waals surface area contributed by atoms with Crippen LogP contribution in [-0.4, -0.2) is 67.0 Å². The van der Waals surface area contributed by atoms with Crippen molar-refractivity contribution in [2.24, 2.45) is 0 Å². The van der Waals surface area contributed by atoms with Crippen LogP contribution in [0.2, 0.25) is 0 Å². The maximum Gasteiger partial charge on any atom is 0.326 e. The molecule has 0 radical (unpaired) electrons. The van der Waals surface area contributed by atoms with Gasteiger partial charge in [0.2, 0.25) is 17.7 Å². The van der Waals surface area contributed by atoms with Gasteiger partial charge >= 0.3 is 5.97 Å². The van der Waals surface area contributed by atoms with Gasteiger partial charge in [0.1, 0.15) is 11.8 Å². The molecular weight excluding hydrogens is 697 g/mol. The molecule has 11 nitrogen and oxygen atoms in total. The molecular formula is C44H54N4O7. The van der Waals surface area contributed by atoms with Gasteiger partial charge in [-0.3, -0.25) is 19.2 Å². The third-order valence-corrected chi connectivity index (χ3v) is 7.51. The van der Waals surface area contributed by atoms with E-state index in [1.54, 1.807) is 24.3 Å². The Kier molecular flexibility index (Phi) is 23.8. The Balaban J connectivity index is 0.000000454. The lowest BCUT2D eigenvalue weighted by Gasteiger charge is -2.15. The molecule has 2 bridgehead atoms. The maximum atomic E-state index is 11.9. The minimum Gasteiger partial charge on any atom is -0.484 e. The van der Waals surface area contributed by atoms with Gasteiger partial charge in [-0.05, 0) is 42.7 Å². The second kappa shape index (κ2) is 28.1. The first-order valence-corrected chi connectivity index (χ1v) is 18.0. The zero-order valence-corrected chi connectivity index (χ0v) is 32.2. The van der Waals surface area contributed by atoms with Crippen molar-refractivity contribution in [3.63, 3.8) is 0 Å². The number of carbonyl (C=O) groups is 5. The summed E-state index contributed by atoms with van der Waals surface area (Å²) in [4.78, 5) is 58.2. The van der Waals surface area contributed by atoms with Gasteiger partial charge in [0, 0.05) is 6.42 Å². The van der Waals surface area contributed by atoms with Crippen molar-refractivity contribution in [3.05, 3.63) is 126 Å². The number of hydrogen-bond acceptors (Lipinski definition) is 6. The van der Waals surface area contributed by atoms with Crippen LogP contribution in [0.1, 0.15) is 49.8 Å². The summed E-state index contributed by atoms with van der Waals surface area (Å²) in [6.45, 7) is 7.12. The van der Waals surface area contributed by atoms with Crippen LogP contribution < -0.4 is 26.0 Å². The number of rotatable bonds is 4. The standard InChI is InChI=1S/C17H20N4O7.C13H12.C7H8.C5H12.C2H2/c22-13-6-18-14(23)7-20-16(25)9-28-11-3-1-10(2-4-11)5-12(17(26)27)21-15(24)8-19-13;1-11-7-9-13(10-8-11)12-5-3-2-4-6-12;1-7-5-3-2-4-6-7;1-3-5-4-2;1-2/h1-4,12H,5-9H2,(H,18,23)(H,19,22)(H,20,25)(H,21,24)(H,26,27);2-10H,1H3;2-6H,1H3;3-5H2,1-2H3;1-2H/t12-;;;;/m0..../s1. The van der Waals surface area contributed by atoms with Gasteiger partial charge in [0.25, 0.3) is 5.91 Å². The molecule has 0 aliphatic carbocycles. The summed E-state index contributed by atoms with van der Waals surface area (Å²) in [7, 11) is 0. The second-order valence-electron chi connectivity index (χ2n) is 12.2. The molecule has 292 valence electrons. The van der Waals surface area contributed by atoms with Crippen molar-refractivity contribution in [1.82, 2.24) is 21.3 Å². The topological polar surface area (TPSA) is 163 Å². The summed E-state index contributed by atoms with van der Waals surface area (Å²) in [5.41, 5.74) is 5.82. The van der Waals surface area contributed by atoms with Crippen molar-refractivity contribution in [3.8, 4) is 29.7 Å². The van der Waals surface area contributed by atoms with Gasteiger partial charge in [0.05, 0.1) is 19.6 Å². The van der Waals surface area contributed by atoms with Crippen LogP contribution in [0, 0.1) is 26.7 Å². The highest BCUT2D eigenvalue weighted by molar-refractivity contribution is 5.91. The molecule has 5 N–H and O–H groups in total. The zero-order valence-electron chi connectivity index (χ0n) is 32.2. The lowest BCUT2D eigenvalue weighted by atomic mass is 10.0. The van der Waals surface area contributed by atoms with Crippen molar-refractivity contribution >= 4 is 29.6 Å². The number of hydrogen-bond donors (Lipinski definition) is 5. The molecule has 11 heteroatoms. The number of amides is 4. The van der Waals surface area contributed by atoms with E-state index in [1.165, 1.54) is 41.5 Å². The van der Waals surface area contributed by atoms with E-state index in [9.17, 15) is 29.1 Å². The second-order valence-corrected chi connectivity index (χ2v) is 12.2. The van der Waals surface area contributed by atoms with Crippen molar-refractivity contribution in [2.75, 3.05) is 26.2 Å². The molecule has 2 heterocycles. The Morgan fingerprint density at radius 2 is 1.09 bits per heavy atom. The summed E-state index contributed by atoms with van der Waals surface area (Å²) in [5, 5.41) is 18.5. The molecule has 4 amide bonds. The molecule has 6 rings (SSSR count). The van der Waals surface area contributed by atoms with Gasteiger partial charge in [-0.15, -0.1) is 12.8 Å². The number of benzene rings is 4. The summed E-state index contributed by atoms with van der Waals surface area (Å²) in [6.07, 6.45) is 12.1. The number of carboxylic acids is 1. The quantitative estimate of drug-likeness (QED) is 0.133. The number of aliphatic carboxylic acids is 1. The Morgan fingerprint density at radius 1 is 0.636 bits per heavy atom. The predicted molar refractivity (Wildman–Crippen MR) is 217 cm³/mol. The van der Waals surface area contributed by atoms with E-state index in [0.29, 0.717) is 11.3 Å². The highest BCUT2D eigenvalue weighted by Gasteiger charge is 2.21. The smallest absolute Gasteiger partial charge is 0.326 e. The predicted octanol–water partition coefficient (Wildman–Crippen LogP) is 5.64. The lowest BCUT2D eigenvalue weighted by Crippen LogP contribution is -2.48. The van der Waals surface area contributed by atoms with Crippen LogP contribution in [0.5, 0.6) is 5.75 Å². The fraction of sp³-hybridized carbons (Fsp3) is 0.295. The molecule has 1 atom stereocenters. The molecule has 0 spiro atoms. The molecule has 0 saturated heterocycles. The molecule has 2 aliphatic heterocycles. The molecule has 0 unspecified atom stereocenters. The van der Waals surface area contributed by atoms with E-state index < -0.39 is 48.7 Å². The minimum absolute atomic E-state index is 0.0197. The molecule has 4 aromatic carbocycles. The first kappa shape index (κ1) is 46.6. The van der Waals surface area contributed by atoms with Crippen LogP contribution in [0.15, 0.2) is 109 Å². The lowest BCUT2D eigenvalue weighted by molar-refractivity contribution is -0.141. The Bertz CT molecular complexity index is 1730. The van der Waals surface area contributed by atoms with Crippen LogP contribution in [0.3, 0.4) is 0 Å². The highest BCUT2D eigenvalue weighted by atomic mass is 16.5. The Labute approximate surface area is 325 Å². The van der Waals surface area contributed by atoms with Crippen LogP contribution in [-0.2, 0) is 30.4 Å². The largest absolute Gasteiger partial charge is 0.484 e. The van der Waals surface area contributed by atoms with E-state index in [2.05, 4.69) is 122 Å².